The van der Waals surface area contributed by atoms with Crippen LogP contribution in [0.25, 0.3) is 88.6 Å². The van der Waals surface area contributed by atoms with Gasteiger partial charge in [0.2, 0.25) is 11.9 Å². The maximum absolute atomic E-state index is 6.00. The third-order valence-electron chi connectivity index (χ3n) is 14.7. The Hall–Kier alpha value is -9.08. The van der Waals surface area contributed by atoms with Gasteiger partial charge in [-0.1, -0.05) is 96.0 Å². The zero-order chi connectivity index (χ0) is 59.5. The van der Waals surface area contributed by atoms with E-state index in [1.54, 1.807) is 6.20 Å². The molecule has 0 aliphatic carbocycles. The second-order valence-electron chi connectivity index (χ2n) is 20.5. The Balaban J connectivity index is 0.000000119. The zero-order valence-corrected chi connectivity index (χ0v) is 50.2. The Labute approximate surface area is 520 Å². The number of halogens is 3. The number of fused-ring (bicyclic) bond motifs is 4. The maximum atomic E-state index is 6.00. The minimum absolute atomic E-state index is 0.157. The van der Waals surface area contributed by atoms with Gasteiger partial charge in [0, 0.05) is 104 Å². The van der Waals surface area contributed by atoms with Crippen molar-refractivity contribution in [3.05, 3.63) is 197 Å². The molecule has 6 aromatic heterocycles. The van der Waals surface area contributed by atoms with Crippen molar-refractivity contribution in [2.24, 2.45) is 0 Å². The minimum Gasteiger partial charge on any atom is -0.378 e. The van der Waals surface area contributed by atoms with E-state index in [0.717, 1.165) is 188 Å². The van der Waals surface area contributed by atoms with Crippen LogP contribution in [0, 0.1) is 0 Å². The molecule has 9 heterocycles. The Morgan fingerprint density at radius 2 is 0.701 bits per heavy atom. The van der Waals surface area contributed by atoms with Crippen LogP contribution in [-0.4, -0.2) is 129 Å². The topological polar surface area (TPSA) is 218 Å². The standard InChI is InChI=1S/2C22H20N6O.C13H13ClN2O.C9H5BrClN/c2*23-22-25-20(15-4-2-1-3-5-15)21(26-27-22)16-6-7-19-17(12-16)13-18(14-24-19)28-8-10-29-11-9-28;14-11-1-2-13-10(7-11)8-12(9-15-13)16-3-5-17-6-4-16;10-7-3-6-4-8(11)1-2-9(6)12-5-7/h2*1-7,12-14H,8-11H2,(H2,23,25,27);1-2,7-9H,3-6H2;1-5H. The van der Waals surface area contributed by atoms with Crippen LogP contribution >= 0.6 is 39.1 Å². The number of hydrogen-bond acceptors (Lipinski definition) is 18. The van der Waals surface area contributed by atoms with Crippen molar-refractivity contribution in [3.8, 4) is 45.0 Å². The van der Waals surface area contributed by atoms with Gasteiger partial charge in [0.05, 0.1) is 97.4 Å². The molecule has 0 amide bonds. The highest BCUT2D eigenvalue weighted by Gasteiger charge is 2.19. The number of nitrogens with two attached hydrogens (primary N) is 2. The summed E-state index contributed by atoms with van der Waals surface area (Å²) in [5.41, 5.74) is 25.4. The SMILES string of the molecule is Clc1ccc2ncc(Br)cc2c1.Clc1ccc2ncc(N3CCOCC3)cc2c1.Nc1nnc(-c2ccc3ncc(N4CCOCC4)cc3c2)c(-c2ccccc2)n1.Nc1nnc(-c2ccc3ncc(N4CCOCC4)cc3c2)c(-c2ccccc2)n1. The number of nitrogen functional groups attached to an aromatic ring is 2. The first-order valence-corrected chi connectivity index (χ1v) is 29.8. The third kappa shape index (κ3) is 14.4. The first-order chi connectivity index (χ1) is 42.6. The molecule has 4 N–H and O–H groups in total. The summed E-state index contributed by atoms with van der Waals surface area (Å²) in [6, 6.07) is 51.8. The Bertz CT molecular complexity index is 4130. The van der Waals surface area contributed by atoms with Crippen molar-refractivity contribution in [3.63, 3.8) is 0 Å². The van der Waals surface area contributed by atoms with Gasteiger partial charge in [-0.25, -0.2) is 9.97 Å². The molecule has 15 rings (SSSR count). The monoisotopic (exact) mass is 1260 g/mol. The molecule has 12 aromatic rings. The predicted molar refractivity (Wildman–Crippen MR) is 351 cm³/mol. The van der Waals surface area contributed by atoms with E-state index in [1.165, 1.54) is 0 Å². The van der Waals surface area contributed by atoms with Crippen LogP contribution in [-0.2, 0) is 14.2 Å². The van der Waals surface area contributed by atoms with Crippen LogP contribution < -0.4 is 26.2 Å². The fourth-order valence-electron chi connectivity index (χ4n) is 10.3. The van der Waals surface area contributed by atoms with E-state index in [-0.39, 0.29) is 11.9 Å². The number of rotatable bonds is 7. The van der Waals surface area contributed by atoms with Crippen molar-refractivity contribution < 1.29 is 14.2 Å². The van der Waals surface area contributed by atoms with E-state index in [0.29, 0.717) is 11.4 Å². The third-order valence-corrected chi connectivity index (χ3v) is 15.7. The Kier molecular flexibility index (Phi) is 18.4. The van der Waals surface area contributed by atoms with Crippen molar-refractivity contribution in [1.82, 2.24) is 50.3 Å². The highest BCUT2D eigenvalue weighted by atomic mass is 79.9. The fourth-order valence-corrected chi connectivity index (χ4v) is 11.1. The summed E-state index contributed by atoms with van der Waals surface area (Å²) in [7, 11) is 0. The Morgan fingerprint density at radius 3 is 1.09 bits per heavy atom. The summed E-state index contributed by atoms with van der Waals surface area (Å²) >= 11 is 15.2. The largest absolute Gasteiger partial charge is 0.378 e. The van der Waals surface area contributed by atoms with Crippen LogP contribution in [0.2, 0.25) is 10.0 Å². The van der Waals surface area contributed by atoms with Gasteiger partial charge in [-0.15, -0.1) is 20.4 Å². The van der Waals surface area contributed by atoms with Crippen LogP contribution in [0.4, 0.5) is 29.0 Å². The second kappa shape index (κ2) is 27.5. The average molecular weight is 1260 g/mol. The molecule has 0 bridgehead atoms. The molecule has 6 aromatic carbocycles. The van der Waals surface area contributed by atoms with E-state index in [1.807, 2.05) is 146 Å². The van der Waals surface area contributed by atoms with Crippen molar-refractivity contribution >= 4 is 112 Å². The number of benzene rings is 6. The van der Waals surface area contributed by atoms with E-state index in [4.69, 9.17) is 48.9 Å². The van der Waals surface area contributed by atoms with Crippen LogP contribution in [0.1, 0.15) is 0 Å². The van der Waals surface area contributed by atoms with Gasteiger partial charge in [0.25, 0.3) is 0 Å². The molecule has 0 saturated carbocycles. The van der Waals surface area contributed by atoms with E-state index >= 15 is 0 Å². The zero-order valence-electron chi connectivity index (χ0n) is 47.1. The van der Waals surface area contributed by atoms with Gasteiger partial charge >= 0.3 is 0 Å². The van der Waals surface area contributed by atoms with Crippen molar-refractivity contribution in [2.75, 3.05) is 105 Å². The summed E-state index contributed by atoms with van der Waals surface area (Å²) in [6.45, 7) is 9.88. The summed E-state index contributed by atoms with van der Waals surface area (Å²) in [5, 5.41) is 22.4. The average Bonchev–Trinajstić information content (AvgIpc) is 2.72. The molecule has 87 heavy (non-hydrogen) atoms. The smallest absolute Gasteiger partial charge is 0.240 e. The van der Waals surface area contributed by atoms with E-state index < -0.39 is 0 Å². The van der Waals surface area contributed by atoms with Crippen molar-refractivity contribution in [1.29, 1.82) is 0 Å². The lowest BCUT2D eigenvalue weighted by Gasteiger charge is -2.28. The molecule has 0 unspecified atom stereocenters. The number of morpholine rings is 3. The maximum Gasteiger partial charge on any atom is 0.240 e. The molecule has 18 nitrogen and oxygen atoms in total. The molecule has 21 heteroatoms. The summed E-state index contributed by atoms with van der Waals surface area (Å²) in [5.74, 6) is 0.314. The van der Waals surface area contributed by atoms with E-state index in [2.05, 4.69) is 111 Å². The quantitative estimate of drug-likeness (QED) is 0.152. The van der Waals surface area contributed by atoms with Gasteiger partial charge in [-0.3, -0.25) is 19.9 Å². The lowest BCUT2D eigenvalue weighted by molar-refractivity contribution is 0.122. The van der Waals surface area contributed by atoms with Gasteiger partial charge in [-0.2, -0.15) is 0 Å². The molecule has 0 spiro atoms. The van der Waals surface area contributed by atoms with Gasteiger partial charge in [-0.05, 0) is 101 Å². The van der Waals surface area contributed by atoms with Gasteiger partial charge in [0.15, 0.2) is 0 Å². The minimum atomic E-state index is 0.157. The fraction of sp³-hybridized carbons (Fsp3) is 0.182. The van der Waals surface area contributed by atoms with Crippen molar-refractivity contribution in [2.45, 2.75) is 0 Å². The first-order valence-electron chi connectivity index (χ1n) is 28.3. The first kappa shape index (κ1) is 58.3. The van der Waals surface area contributed by atoms with E-state index in [9.17, 15) is 0 Å². The highest BCUT2D eigenvalue weighted by molar-refractivity contribution is 9.10. The lowest BCUT2D eigenvalue weighted by Crippen LogP contribution is -2.36. The molecule has 3 aliphatic heterocycles. The predicted octanol–water partition coefficient (Wildman–Crippen LogP) is 12.7. The summed E-state index contributed by atoms with van der Waals surface area (Å²) < 4.78 is 17.2. The molecular formula is C66H58BrCl2N15O3. The van der Waals surface area contributed by atoms with Gasteiger partial charge in [0.1, 0.15) is 22.8 Å². The highest BCUT2D eigenvalue weighted by Crippen LogP contribution is 2.34. The molecular weight excluding hydrogens is 1200 g/mol. The molecule has 436 valence electrons. The molecule has 0 radical (unpaired) electrons. The summed E-state index contributed by atoms with van der Waals surface area (Å²) in [4.78, 5) is 33.7. The Morgan fingerprint density at radius 1 is 0.356 bits per heavy atom. The summed E-state index contributed by atoms with van der Waals surface area (Å²) in [6.07, 6.45) is 7.54. The van der Waals surface area contributed by atoms with Gasteiger partial charge < -0.3 is 40.4 Å². The second-order valence-corrected chi connectivity index (χ2v) is 22.3. The molecule has 3 saturated heterocycles. The lowest BCUT2D eigenvalue weighted by atomic mass is 10.0. The van der Waals surface area contributed by atoms with Crippen LogP contribution in [0.3, 0.4) is 0 Å². The van der Waals surface area contributed by atoms with Crippen LogP contribution in [0.5, 0.6) is 0 Å². The normalized spacial score (nSPS) is 14.2. The molecule has 3 fully saturated rings. The number of pyridine rings is 4. The number of ether oxygens (including phenoxy) is 3. The number of nitrogens with zero attached hydrogens (tertiary/aromatic N) is 13. The number of hydrogen-bond donors (Lipinski definition) is 2. The number of aromatic nitrogens is 10. The molecule has 0 atom stereocenters. The van der Waals surface area contributed by atoms with Crippen LogP contribution in [0.15, 0.2) is 187 Å². The number of anilines is 5. The molecule has 3 aliphatic rings.